The second-order valence-corrected chi connectivity index (χ2v) is 8.91. The van der Waals surface area contributed by atoms with Gasteiger partial charge in [-0.2, -0.15) is 0 Å². The summed E-state index contributed by atoms with van der Waals surface area (Å²) < 4.78 is 15.7. The second-order valence-electron chi connectivity index (χ2n) is 6.91. The summed E-state index contributed by atoms with van der Waals surface area (Å²) in [5.74, 6) is 0.424. The molecular formula is C18H27NOS. The van der Waals surface area contributed by atoms with Gasteiger partial charge in [0, 0.05) is 0 Å². The van der Waals surface area contributed by atoms with Gasteiger partial charge in [-0.3, -0.25) is 0 Å². The van der Waals surface area contributed by atoms with E-state index in [0.29, 0.717) is 5.92 Å². The molecule has 3 atom stereocenters. The van der Waals surface area contributed by atoms with Crippen molar-refractivity contribution in [1.29, 1.82) is 0 Å². The minimum atomic E-state index is -1.06. The van der Waals surface area contributed by atoms with E-state index in [4.69, 9.17) is 0 Å². The maximum Gasteiger partial charge on any atom is 0.0976 e. The third-order valence-electron chi connectivity index (χ3n) is 3.95. The molecule has 1 aliphatic rings. The van der Waals surface area contributed by atoms with Gasteiger partial charge in [-0.1, -0.05) is 42.0 Å². The highest BCUT2D eigenvalue weighted by Gasteiger charge is 2.28. The first-order valence-corrected chi connectivity index (χ1v) is 8.94. The van der Waals surface area contributed by atoms with Gasteiger partial charge in [0.15, 0.2) is 0 Å². The summed E-state index contributed by atoms with van der Waals surface area (Å²) in [4.78, 5) is 0. The van der Waals surface area contributed by atoms with Crippen LogP contribution >= 0.6 is 0 Å². The molecule has 21 heavy (non-hydrogen) atoms. The summed E-state index contributed by atoms with van der Waals surface area (Å²) >= 11 is 0. The lowest BCUT2D eigenvalue weighted by atomic mass is 9.86. The van der Waals surface area contributed by atoms with Crippen LogP contribution in [0.5, 0.6) is 0 Å². The van der Waals surface area contributed by atoms with Gasteiger partial charge in [0.1, 0.15) is 0 Å². The first-order valence-electron chi connectivity index (χ1n) is 7.79. The Hall–Kier alpha value is -0.930. The topological polar surface area (TPSA) is 29.1 Å². The maximum atomic E-state index is 12.5. The quantitative estimate of drug-likeness (QED) is 0.818. The average molecular weight is 305 g/mol. The maximum absolute atomic E-state index is 12.5. The van der Waals surface area contributed by atoms with Gasteiger partial charge in [0.2, 0.25) is 0 Å². The van der Waals surface area contributed by atoms with Crippen LogP contribution in [0.25, 0.3) is 0 Å². The van der Waals surface area contributed by atoms with Gasteiger partial charge in [-0.05, 0) is 58.4 Å². The molecule has 1 N–H and O–H groups in total. The van der Waals surface area contributed by atoms with Crippen molar-refractivity contribution < 1.29 is 4.21 Å². The molecule has 3 heteroatoms. The molecule has 0 heterocycles. The molecule has 2 rings (SSSR count). The predicted molar refractivity (Wildman–Crippen MR) is 91.4 cm³/mol. The van der Waals surface area contributed by atoms with Crippen LogP contribution in [-0.4, -0.2) is 8.96 Å². The zero-order valence-electron chi connectivity index (χ0n) is 13.6. The van der Waals surface area contributed by atoms with Crippen LogP contribution in [0.1, 0.15) is 57.2 Å². The molecule has 0 spiro atoms. The molecular weight excluding hydrogens is 278 g/mol. The SMILES string of the molecule is Cc1ccc([C@@H](NS(=O)C(C)(C)C)[C@@H]2C=CCCC2)cc1. The minimum Gasteiger partial charge on any atom is -0.242 e. The van der Waals surface area contributed by atoms with Crippen molar-refractivity contribution in [2.45, 2.75) is 57.7 Å². The Morgan fingerprint density at radius 3 is 2.43 bits per heavy atom. The van der Waals surface area contributed by atoms with Gasteiger partial charge in [0.05, 0.1) is 21.8 Å². The molecule has 1 unspecified atom stereocenters. The molecule has 0 fully saturated rings. The Morgan fingerprint density at radius 1 is 1.24 bits per heavy atom. The monoisotopic (exact) mass is 305 g/mol. The summed E-state index contributed by atoms with van der Waals surface area (Å²) in [6, 6.07) is 8.72. The fourth-order valence-electron chi connectivity index (χ4n) is 2.58. The lowest BCUT2D eigenvalue weighted by Gasteiger charge is -2.30. The number of rotatable bonds is 4. The Morgan fingerprint density at radius 2 is 1.90 bits per heavy atom. The molecule has 0 radical (unpaired) electrons. The van der Waals surface area contributed by atoms with Crippen molar-refractivity contribution in [3.05, 3.63) is 47.5 Å². The van der Waals surface area contributed by atoms with Gasteiger partial charge >= 0.3 is 0 Å². The van der Waals surface area contributed by atoms with Crippen molar-refractivity contribution in [1.82, 2.24) is 4.72 Å². The molecule has 1 aromatic rings. The zero-order valence-corrected chi connectivity index (χ0v) is 14.4. The van der Waals surface area contributed by atoms with Crippen LogP contribution in [0.2, 0.25) is 0 Å². The summed E-state index contributed by atoms with van der Waals surface area (Å²) in [6.07, 6.45) is 8.09. The van der Waals surface area contributed by atoms with E-state index < -0.39 is 11.0 Å². The number of allylic oxidation sites excluding steroid dienone is 1. The average Bonchev–Trinajstić information content (AvgIpc) is 2.45. The Kier molecular flexibility index (Phi) is 5.39. The summed E-state index contributed by atoms with van der Waals surface area (Å²) in [5, 5.41) is 0. The predicted octanol–water partition coefficient (Wildman–Crippen LogP) is 4.44. The molecule has 0 saturated heterocycles. The zero-order chi connectivity index (χ0) is 15.5. The molecule has 0 saturated carbocycles. The Balaban J connectivity index is 2.25. The van der Waals surface area contributed by atoms with Gasteiger partial charge in [0.25, 0.3) is 0 Å². The van der Waals surface area contributed by atoms with Crippen molar-refractivity contribution in [2.24, 2.45) is 5.92 Å². The summed E-state index contributed by atoms with van der Waals surface area (Å²) in [6.45, 7) is 8.14. The summed E-state index contributed by atoms with van der Waals surface area (Å²) in [7, 11) is -1.06. The summed E-state index contributed by atoms with van der Waals surface area (Å²) in [5.41, 5.74) is 2.49. The van der Waals surface area contributed by atoms with Crippen LogP contribution < -0.4 is 4.72 Å². The smallest absolute Gasteiger partial charge is 0.0976 e. The standard InChI is InChI=1S/C18H27NOS/c1-14-10-12-16(13-11-14)17(15-8-6-5-7-9-15)19-21(20)18(2,3)4/h6,8,10-13,15,17,19H,5,7,9H2,1-4H3/t15-,17+,21?/m1/s1. The van der Waals surface area contributed by atoms with Crippen molar-refractivity contribution in [3.8, 4) is 0 Å². The Bertz CT molecular complexity index is 513. The molecule has 1 aromatic carbocycles. The highest BCUT2D eigenvalue weighted by molar-refractivity contribution is 7.84. The molecule has 2 nitrogen and oxygen atoms in total. The lowest BCUT2D eigenvalue weighted by Crippen LogP contribution is -2.38. The van der Waals surface area contributed by atoms with Crippen molar-refractivity contribution in [3.63, 3.8) is 0 Å². The fourth-order valence-corrected chi connectivity index (χ4v) is 3.48. The van der Waals surface area contributed by atoms with Gasteiger partial charge in [-0.25, -0.2) is 8.93 Å². The third kappa shape index (κ3) is 4.52. The van der Waals surface area contributed by atoms with Crippen LogP contribution in [0, 0.1) is 12.8 Å². The largest absolute Gasteiger partial charge is 0.242 e. The molecule has 116 valence electrons. The van der Waals surface area contributed by atoms with Crippen LogP contribution in [0.4, 0.5) is 0 Å². The number of hydrogen-bond donors (Lipinski definition) is 1. The first-order chi connectivity index (χ1) is 9.88. The second kappa shape index (κ2) is 6.89. The number of aryl methyl sites for hydroxylation is 1. The molecule has 0 amide bonds. The number of nitrogens with one attached hydrogen (secondary N) is 1. The first kappa shape index (κ1) is 16.4. The molecule has 0 bridgehead atoms. The van der Waals surface area contributed by atoms with E-state index in [1.54, 1.807) is 0 Å². The Labute approximate surface area is 131 Å². The highest BCUT2D eigenvalue weighted by Crippen LogP contribution is 2.32. The van der Waals surface area contributed by atoms with Crippen molar-refractivity contribution in [2.75, 3.05) is 0 Å². The van der Waals surface area contributed by atoms with Gasteiger partial charge < -0.3 is 0 Å². The van der Waals surface area contributed by atoms with Gasteiger partial charge in [-0.15, -0.1) is 0 Å². The third-order valence-corrected chi connectivity index (χ3v) is 5.53. The molecule has 1 aliphatic carbocycles. The van der Waals surface area contributed by atoms with E-state index >= 15 is 0 Å². The van der Waals surface area contributed by atoms with Crippen LogP contribution in [0.3, 0.4) is 0 Å². The van der Waals surface area contributed by atoms with Crippen LogP contribution in [0.15, 0.2) is 36.4 Å². The minimum absolute atomic E-state index is 0.127. The molecule has 0 aliphatic heterocycles. The van der Waals surface area contributed by atoms with E-state index in [2.05, 4.69) is 48.1 Å². The molecule has 0 aromatic heterocycles. The van der Waals surface area contributed by atoms with E-state index in [-0.39, 0.29) is 10.8 Å². The fraction of sp³-hybridized carbons (Fsp3) is 0.556. The normalized spacial score (nSPS) is 22.0. The van der Waals surface area contributed by atoms with Crippen molar-refractivity contribution >= 4 is 11.0 Å². The lowest BCUT2D eigenvalue weighted by molar-refractivity contribution is 0.429. The van der Waals surface area contributed by atoms with E-state index in [9.17, 15) is 4.21 Å². The van der Waals surface area contributed by atoms with E-state index in [0.717, 1.165) is 6.42 Å². The van der Waals surface area contributed by atoms with Crippen LogP contribution in [-0.2, 0) is 11.0 Å². The van der Waals surface area contributed by atoms with E-state index in [1.165, 1.54) is 24.0 Å². The number of benzene rings is 1. The van der Waals surface area contributed by atoms with E-state index in [1.807, 2.05) is 20.8 Å². The number of hydrogen-bond acceptors (Lipinski definition) is 1. The highest BCUT2D eigenvalue weighted by atomic mass is 32.2.